The second-order valence-corrected chi connectivity index (χ2v) is 8.39. The molecule has 0 aromatic carbocycles. The third-order valence-electron chi connectivity index (χ3n) is 4.73. The van der Waals surface area contributed by atoms with E-state index in [1.54, 1.807) is 32.6 Å². The highest BCUT2D eigenvalue weighted by Crippen LogP contribution is 2.29. The number of hydrogen-bond donors (Lipinski definition) is 1. The summed E-state index contributed by atoms with van der Waals surface area (Å²) in [4.78, 5) is 27.9. The lowest BCUT2D eigenvalue weighted by Gasteiger charge is -2.38. The number of ether oxygens (including phenoxy) is 3. The predicted octanol–water partition coefficient (Wildman–Crippen LogP) is 2.41. The maximum atomic E-state index is 12.7. The number of carbonyl (C=O) groups excluding carboxylic acids is 2. The zero-order valence-corrected chi connectivity index (χ0v) is 18.2. The van der Waals surface area contributed by atoms with E-state index in [1.165, 1.54) is 6.08 Å². The lowest BCUT2D eigenvalue weighted by atomic mass is 9.87. The van der Waals surface area contributed by atoms with E-state index in [0.717, 1.165) is 6.08 Å². The number of halogens is 3. The van der Waals surface area contributed by atoms with E-state index in [2.05, 4.69) is 4.74 Å². The molecule has 1 saturated heterocycles. The molecular weight excluding hydrogens is 419 g/mol. The summed E-state index contributed by atoms with van der Waals surface area (Å²) in [5, 5.41) is 0. The van der Waals surface area contributed by atoms with Gasteiger partial charge < -0.3 is 24.8 Å². The van der Waals surface area contributed by atoms with E-state index < -0.39 is 41.7 Å². The zero-order valence-electron chi connectivity index (χ0n) is 18.2. The fourth-order valence-corrected chi connectivity index (χ4v) is 3.35. The largest absolute Gasteiger partial charge is 0.573 e. The maximum Gasteiger partial charge on any atom is 0.573 e. The van der Waals surface area contributed by atoms with Crippen molar-refractivity contribution in [2.75, 3.05) is 39.3 Å². The van der Waals surface area contributed by atoms with Crippen LogP contribution in [0.3, 0.4) is 0 Å². The van der Waals surface area contributed by atoms with Crippen molar-refractivity contribution >= 4 is 12.1 Å². The van der Waals surface area contributed by atoms with Crippen LogP contribution in [0.15, 0.2) is 23.5 Å². The Morgan fingerprint density at radius 3 is 2.29 bits per heavy atom. The van der Waals surface area contributed by atoms with Gasteiger partial charge in [-0.1, -0.05) is 0 Å². The first kappa shape index (κ1) is 25.0. The Balaban J connectivity index is 2.05. The summed E-state index contributed by atoms with van der Waals surface area (Å²) in [7, 11) is 0. The van der Waals surface area contributed by atoms with Gasteiger partial charge in [-0.05, 0) is 39.8 Å². The van der Waals surface area contributed by atoms with Gasteiger partial charge in [0.2, 0.25) is 0 Å². The average Bonchev–Trinajstić information content (AvgIpc) is 2.62. The first-order chi connectivity index (χ1) is 14.3. The summed E-state index contributed by atoms with van der Waals surface area (Å²) in [6.07, 6.45) is -3.05. The van der Waals surface area contributed by atoms with Gasteiger partial charge in [0.05, 0.1) is 12.2 Å². The third kappa shape index (κ3) is 7.73. The number of hydrogen-bond acceptors (Lipinski definition) is 7. The van der Waals surface area contributed by atoms with E-state index in [4.69, 9.17) is 15.2 Å². The molecule has 0 radical (unpaired) electrons. The van der Waals surface area contributed by atoms with E-state index in [1.807, 2.05) is 4.90 Å². The Kier molecular flexibility index (Phi) is 7.98. The number of amides is 1. The highest BCUT2D eigenvalue weighted by atomic mass is 19.4. The smallest absolute Gasteiger partial charge is 0.463 e. The summed E-state index contributed by atoms with van der Waals surface area (Å²) in [6, 6.07) is -0.844. The van der Waals surface area contributed by atoms with Crippen LogP contribution in [0.25, 0.3) is 0 Å². The predicted molar refractivity (Wildman–Crippen MR) is 106 cm³/mol. The summed E-state index contributed by atoms with van der Waals surface area (Å²) >= 11 is 0. The molecule has 0 aromatic rings. The van der Waals surface area contributed by atoms with Crippen molar-refractivity contribution in [1.29, 1.82) is 0 Å². The molecule has 31 heavy (non-hydrogen) atoms. The summed E-state index contributed by atoms with van der Waals surface area (Å²) in [6.45, 7) is 9.11. The number of nitrogens with two attached hydrogens (primary N) is 1. The molecule has 8 nitrogen and oxygen atoms in total. The first-order valence-corrected chi connectivity index (χ1v) is 10.1. The molecule has 2 unspecified atom stereocenters. The molecular formula is C20H30F3N3O5. The molecule has 2 N–H and O–H groups in total. The van der Waals surface area contributed by atoms with Crippen LogP contribution in [0.5, 0.6) is 0 Å². The minimum absolute atomic E-state index is 0.0685. The van der Waals surface area contributed by atoms with Crippen LogP contribution in [-0.4, -0.2) is 79.2 Å². The van der Waals surface area contributed by atoms with Crippen LogP contribution in [0.1, 0.15) is 27.7 Å². The molecule has 2 aliphatic rings. The Bertz CT molecular complexity index is 723. The normalized spacial score (nSPS) is 23.0. The highest BCUT2D eigenvalue weighted by molar-refractivity contribution is 5.90. The van der Waals surface area contributed by atoms with Gasteiger partial charge in [0, 0.05) is 44.7 Å². The van der Waals surface area contributed by atoms with E-state index in [9.17, 15) is 22.8 Å². The van der Waals surface area contributed by atoms with Crippen molar-refractivity contribution in [2.45, 2.75) is 45.7 Å². The molecule has 0 bridgehead atoms. The molecule has 1 aliphatic carbocycles. The number of nitrogens with zero attached hydrogens (tertiary/aromatic N) is 2. The standard InChI is InChI=1S/C20H30F3N3O5/c1-5-29-17(27)15-11-14(30-20(21,22)23)10-13(16(15)24)12-25-6-8-26(9-7-25)18(28)31-19(2,3)4/h10-11,13,16H,5-9,12,24H2,1-4H3. The van der Waals surface area contributed by atoms with Crippen LogP contribution in [0.2, 0.25) is 0 Å². The molecule has 0 spiro atoms. The number of carbonyl (C=O) groups is 2. The maximum absolute atomic E-state index is 12.7. The fraction of sp³-hybridized carbons (Fsp3) is 0.700. The Morgan fingerprint density at radius 1 is 1.16 bits per heavy atom. The number of piperazine rings is 1. The lowest BCUT2D eigenvalue weighted by Crippen LogP contribution is -2.52. The monoisotopic (exact) mass is 449 g/mol. The Hall–Kier alpha value is -2.27. The molecule has 11 heteroatoms. The third-order valence-corrected chi connectivity index (χ3v) is 4.73. The number of esters is 1. The number of allylic oxidation sites excluding steroid dienone is 1. The Morgan fingerprint density at radius 2 is 1.77 bits per heavy atom. The molecule has 2 atom stereocenters. The van der Waals surface area contributed by atoms with Crippen molar-refractivity contribution in [3.05, 3.63) is 23.5 Å². The van der Waals surface area contributed by atoms with Crippen molar-refractivity contribution in [3.8, 4) is 0 Å². The molecule has 2 rings (SSSR count). The van der Waals surface area contributed by atoms with Gasteiger partial charge in [-0.2, -0.15) is 0 Å². The quantitative estimate of drug-likeness (QED) is 0.644. The molecule has 0 aromatic heterocycles. The van der Waals surface area contributed by atoms with Crippen molar-refractivity contribution in [1.82, 2.24) is 9.80 Å². The summed E-state index contributed by atoms with van der Waals surface area (Å²) < 4.78 is 52.5. The molecule has 1 aliphatic heterocycles. The summed E-state index contributed by atoms with van der Waals surface area (Å²) in [5.41, 5.74) is 5.51. The highest BCUT2D eigenvalue weighted by Gasteiger charge is 2.37. The van der Waals surface area contributed by atoms with Gasteiger partial charge in [-0.25, -0.2) is 9.59 Å². The molecule has 1 fully saturated rings. The number of alkyl halides is 3. The van der Waals surface area contributed by atoms with Gasteiger partial charge in [0.15, 0.2) is 0 Å². The average molecular weight is 449 g/mol. The van der Waals surface area contributed by atoms with Crippen LogP contribution in [-0.2, 0) is 19.0 Å². The molecule has 0 saturated carbocycles. The second kappa shape index (κ2) is 9.90. The SMILES string of the molecule is CCOC(=O)C1=CC(OC(F)(F)F)=CC(CN2CCN(C(=O)OC(C)(C)C)CC2)C1N. The van der Waals surface area contributed by atoms with Crippen molar-refractivity contribution in [3.63, 3.8) is 0 Å². The summed E-state index contributed by atoms with van der Waals surface area (Å²) in [5.74, 6) is -1.87. The van der Waals surface area contributed by atoms with Crippen LogP contribution in [0, 0.1) is 5.92 Å². The minimum atomic E-state index is -4.90. The topological polar surface area (TPSA) is 94.3 Å². The van der Waals surface area contributed by atoms with Gasteiger partial charge in [-0.15, -0.1) is 13.2 Å². The van der Waals surface area contributed by atoms with Gasteiger partial charge in [0.25, 0.3) is 0 Å². The van der Waals surface area contributed by atoms with Crippen LogP contribution < -0.4 is 5.73 Å². The molecule has 1 amide bonds. The lowest BCUT2D eigenvalue weighted by molar-refractivity contribution is -0.303. The minimum Gasteiger partial charge on any atom is -0.463 e. The van der Waals surface area contributed by atoms with Gasteiger partial charge in [-0.3, -0.25) is 4.90 Å². The Labute approximate surface area is 179 Å². The van der Waals surface area contributed by atoms with Gasteiger partial charge in [0.1, 0.15) is 11.4 Å². The van der Waals surface area contributed by atoms with Crippen LogP contribution in [0.4, 0.5) is 18.0 Å². The van der Waals surface area contributed by atoms with Crippen molar-refractivity contribution < 1.29 is 37.0 Å². The van der Waals surface area contributed by atoms with Crippen LogP contribution >= 0.6 is 0 Å². The molecule has 176 valence electrons. The van der Waals surface area contributed by atoms with E-state index in [0.29, 0.717) is 32.7 Å². The first-order valence-electron chi connectivity index (χ1n) is 10.1. The van der Waals surface area contributed by atoms with E-state index in [-0.39, 0.29) is 12.2 Å². The second-order valence-electron chi connectivity index (χ2n) is 8.39. The van der Waals surface area contributed by atoms with E-state index >= 15 is 0 Å². The van der Waals surface area contributed by atoms with Crippen molar-refractivity contribution in [2.24, 2.45) is 11.7 Å². The zero-order chi connectivity index (χ0) is 23.4. The number of rotatable bonds is 5. The molecule has 1 heterocycles. The van der Waals surface area contributed by atoms with Gasteiger partial charge >= 0.3 is 18.4 Å². The fourth-order valence-electron chi connectivity index (χ4n) is 3.35.